The summed E-state index contributed by atoms with van der Waals surface area (Å²) in [4.78, 5) is 24.4. The second kappa shape index (κ2) is 54.7. The molecule has 6 heteroatoms. The maximum Gasteiger partial charge on any atom is 0.305 e. The molecule has 0 heterocycles. The molecule has 0 radical (unpaired) electrons. The van der Waals surface area contributed by atoms with E-state index in [1.54, 1.807) is 6.08 Å². The number of carbonyl (C=O) groups is 2. The quantitative estimate of drug-likeness (QED) is 0.0321. The Balaban J connectivity index is 3.36. The number of allylic oxidation sites excluding steroid dienone is 5. The first-order chi connectivity index (χ1) is 32.0. The van der Waals surface area contributed by atoms with Crippen LogP contribution in [0.4, 0.5) is 0 Å². The zero-order valence-corrected chi connectivity index (χ0v) is 43.5. The topological polar surface area (TPSA) is 95.9 Å². The van der Waals surface area contributed by atoms with Gasteiger partial charge >= 0.3 is 5.97 Å². The van der Waals surface area contributed by atoms with E-state index in [0.29, 0.717) is 19.4 Å². The molecule has 0 saturated carbocycles. The predicted octanol–water partition coefficient (Wildman–Crippen LogP) is 17.6. The number of hydrogen-bond acceptors (Lipinski definition) is 5. The molecule has 0 saturated heterocycles. The molecule has 0 aromatic heterocycles. The van der Waals surface area contributed by atoms with Gasteiger partial charge in [-0.25, -0.2) is 0 Å². The van der Waals surface area contributed by atoms with Gasteiger partial charge in [-0.05, 0) is 64.2 Å². The van der Waals surface area contributed by atoms with E-state index in [0.717, 1.165) is 51.4 Å². The number of ether oxygens (including phenoxy) is 1. The maximum absolute atomic E-state index is 12.4. The Bertz CT molecular complexity index is 1060. The van der Waals surface area contributed by atoms with Crippen LogP contribution in [0.3, 0.4) is 0 Å². The van der Waals surface area contributed by atoms with Crippen LogP contribution in [-0.4, -0.2) is 47.4 Å². The van der Waals surface area contributed by atoms with E-state index >= 15 is 0 Å². The summed E-state index contributed by atoms with van der Waals surface area (Å²) in [5, 5.41) is 22.9. The van der Waals surface area contributed by atoms with Gasteiger partial charge in [0.25, 0.3) is 0 Å². The number of unbranched alkanes of at least 4 members (excludes halogenated alkanes) is 38. The zero-order chi connectivity index (χ0) is 47.2. The van der Waals surface area contributed by atoms with Crippen LogP contribution in [0.15, 0.2) is 36.5 Å². The summed E-state index contributed by atoms with van der Waals surface area (Å²) in [6.45, 7) is 4.85. The number of hydrogen-bond donors (Lipinski definition) is 3. The average molecular weight is 915 g/mol. The molecule has 0 aromatic rings. The van der Waals surface area contributed by atoms with Crippen molar-refractivity contribution < 1.29 is 24.5 Å². The van der Waals surface area contributed by atoms with Crippen molar-refractivity contribution in [1.29, 1.82) is 0 Å². The van der Waals surface area contributed by atoms with Crippen LogP contribution in [0.25, 0.3) is 0 Å². The second-order valence-corrected chi connectivity index (χ2v) is 19.6. The number of aliphatic hydroxyl groups is 2. The summed E-state index contributed by atoms with van der Waals surface area (Å²) in [5.41, 5.74) is 0. The van der Waals surface area contributed by atoms with E-state index in [1.807, 2.05) is 6.08 Å². The van der Waals surface area contributed by atoms with Crippen molar-refractivity contribution in [2.45, 2.75) is 315 Å². The van der Waals surface area contributed by atoms with Crippen molar-refractivity contribution >= 4 is 11.9 Å². The van der Waals surface area contributed by atoms with Gasteiger partial charge in [-0.3, -0.25) is 9.59 Å². The fourth-order valence-corrected chi connectivity index (χ4v) is 8.72. The molecular weight excluding hydrogens is 803 g/mol. The molecule has 0 bridgehead atoms. The minimum atomic E-state index is -0.842. The fourth-order valence-electron chi connectivity index (χ4n) is 8.72. The van der Waals surface area contributed by atoms with Gasteiger partial charge in [-0.2, -0.15) is 0 Å². The van der Waals surface area contributed by atoms with Gasteiger partial charge in [0.15, 0.2) is 0 Å². The van der Waals surface area contributed by atoms with Gasteiger partial charge in [0.05, 0.1) is 25.4 Å². The average Bonchev–Trinajstić information content (AvgIpc) is 3.31. The van der Waals surface area contributed by atoms with E-state index in [1.165, 1.54) is 225 Å². The van der Waals surface area contributed by atoms with E-state index < -0.39 is 12.1 Å². The van der Waals surface area contributed by atoms with Crippen molar-refractivity contribution in [2.24, 2.45) is 0 Å². The lowest BCUT2D eigenvalue weighted by molar-refractivity contribution is -0.143. The summed E-state index contributed by atoms with van der Waals surface area (Å²) >= 11 is 0. The highest BCUT2D eigenvalue weighted by molar-refractivity contribution is 5.76. The Hall–Kier alpha value is -1.92. The van der Waals surface area contributed by atoms with Gasteiger partial charge in [-0.15, -0.1) is 0 Å². The van der Waals surface area contributed by atoms with Gasteiger partial charge in [-0.1, -0.05) is 262 Å². The summed E-state index contributed by atoms with van der Waals surface area (Å²) in [7, 11) is 0. The number of amides is 1. The number of aliphatic hydroxyl groups excluding tert-OH is 2. The number of esters is 1. The van der Waals surface area contributed by atoms with Crippen LogP contribution in [0.1, 0.15) is 303 Å². The molecule has 2 atom stereocenters. The first-order valence-corrected chi connectivity index (χ1v) is 28.8. The molecule has 6 nitrogen and oxygen atoms in total. The first-order valence-electron chi connectivity index (χ1n) is 28.8. The fraction of sp³-hybridized carbons (Fsp3) is 0.864. The van der Waals surface area contributed by atoms with Crippen LogP contribution < -0.4 is 5.32 Å². The maximum atomic E-state index is 12.4. The highest BCUT2D eigenvalue weighted by Crippen LogP contribution is 2.17. The standard InChI is InChI=1S/C59H111NO5/c1-3-5-7-9-11-13-14-15-16-23-27-30-33-37-41-45-49-53-59(64)65-54-50-46-42-38-34-31-28-25-22-20-18-17-19-21-24-26-29-32-36-40-44-48-52-58(63)60-56(55-61)57(62)51-47-43-39-35-12-10-8-6-4-2/h11,13,15-16,47,51,56-57,61-62H,3-10,12,14,17-46,48-50,52-55H2,1-2H3,(H,60,63)/b13-11-,16-15-,51-47+. The van der Waals surface area contributed by atoms with Crippen molar-refractivity contribution in [2.75, 3.05) is 13.2 Å². The monoisotopic (exact) mass is 914 g/mol. The lowest BCUT2D eigenvalue weighted by Gasteiger charge is -2.20. The first kappa shape index (κ1) is 63.1. The molecular formula is C59H111NO5. The molecule has 0 aliphatic carbocycles. The molecule has 3 N–H and O–H groups in total. The third-order valence-corrected chi connectivity index (χ3v) is 13.2. The van der Waals surface area contributed by atoms with E-state index in [-0.39, 0.29) is 18.5 Å². The van der Waals surface area contributed by atoms with Crippen molar-refractivity contribution in [1.82, 2.24) is 5.32 Å². The van der Waals surface area contributed by atoms with Crippen molar-refractivity contribution in [3.05, 3.63) is 36.5 Å². The Morgan fingerprint density at radius 3 is 1.20 bits per heavy atom. The molecule has 1 amide bonds. The lowest BCUT2D eigenvalue weighted by atomic mass is 10.0. The van der Waals surface area contributed by atoms with Crippen LogP contribution >= 0.6 is 0 Å². The van der Waals surface area contributed by atoms with Crippen LogP contribution in [0, 0.1) is 0 Å². The lowest BCUT2D eigenvalue weighted by Crippen LogP contribution is -2.45. The third kappa shape index (κ3) is 51.3. The normalized spacial score (nSPS) is 12.9. The number of rotatable bonds is 53. The van der Waals surface area contributed by atoms with E-state index in [4.69, 9.17) is 4.74 Å². The molecule has 0 aromatic carbocycles. The van der Waals surface area contributed by atoms with Gasteiger partial charge in [0.1, 0.15) is 0 Å². The van der Waals surface area contributed by atoms with E-state index in [9.17, 15) is 19.8 Å². The SMILES string of the molecule is CCCCC/C=C\C/C=C\CCCCCCCCCC(=O)OCCCCCCCCCCCCCCCCCCCCCCCCC(=O)NC(CO)C(O)/C=C/CCCCCCCCC. The van der Waals surface area contributed by atoms with Gasteiger partial charge in [0, 0.05) is 12.8 Å². The summed E-state index contributed by atoms with van der Waals surface area (Å²) in [5.74, 6) is -0.0665. The Kier molecular flexibility index (Phi) is 53.1. The largest absolute Gasteiger partial charge is 0.466 e. The molecule has 0 spiro atoms. The molecule has 0 fully saturated rings. The van der Waals surface area contributed by atoms with Gasteiger partial charge in [0.2, 0.25) is 5.91 Å². The molecule has 2 unspecified atom stereocenters. The Morgan fingerprint density at radius 1 is 0.431 bits per heavy atom. The van der Waals surface area contributed by atoms with Gasteiger partial charge < -0.3 is 20.3 Å². The number of nitrogens with one attached hydrogen (secondary N) is 1. The van der Waals surface area contributed by atoms with Crippen molar-refractivity contribution in [3.63, 3.8) is 0 Å². The number of carbonyl (C=O) groups excluding carboxylic acids is 2. The smallest absolute Gasteiger partial charge is 0.305 e. The Morgan fingerprint density at radius 2 is 0.769 bits per heavy atom. The summed E-state index contributed by atoms with van der Waals surface area (Å²) in [6, 6.07) is -0.626. The van der Waals surface area contributed by atoms with Crippen LogP contribution in [0.5, 0.6) is 0 Å². The minimum Gasteiger partial charge on any atom is -0.466 e. The van der Waals surface area contributed by atoms with E-state index in [2.05, 4.69) is 43.5 Å². The molecule has 0 aliphatic heterocycles. The highest BCUT2D eigenvalue weighted by atomic mass is 16.5. The zero-order valence-electron chi connectivity index (χ0n) is 43.5. The van der Waals surface area contributed by atoms with Crippen molar-refractivity contribution in [3.8, 4) is 0 Å². The molecule has 0 rings (SSSR count). The highest BCUT2D eigenvalue weighted by Gasteiger charge is 2.18. The molecule has 382 valence electrons. The predicted molar refractivity (Wildman–Crippen MR) is 283 cm³/mol. The summed E-state index contributed by atoms with van der Waals surface area (Å²) in [6.07, 6.45) is 67.5. The van der Waals surface area contributed by atoms with Crippen LogP contribution in [0.2, 0.25) is 0 Å². The molecule has 0 aliphatic rings. The third-order valence-electron chi connectivity index (χ3n) is 13.2. The Labute approximate surface area is 404 Å². The minimum absolute atomic E-state index is 0.00448. The summed E-state index contributed by atoms with van der Waals surface area (Å²) < 4.78 is 5.48. The van der Waals surface area contributed by atoms with Crippen LogP contribution in [-0.2, 0) is 14.3 Å². The molecule has 65 heavy (non-hydrogen) atoms. The second-order valence-electron chi connectivity index (χ2n) is 19.6.